The Labute approximate surface area is 102 Å². The third-order valence-corrected chi connectivity index (χ3v) is 2.18. The molecular weight excluding hydrogens is 236 g/mol. The summed E-state index contributed by atoms with van der Waals surface area (Å²) in [5, 5.41) is 17.7. The van der Waals surface area contributed by atoms with E-state index in [1.807, 2.05) is 0 Å². The zero-order valence-electron chi connectivity index (χ0n) is 9.25. The zero-order valence-corrected chi connectivity index (χ0v) is 9.25. The van der Waals surface area contributed by atoms with Gasteiger partial charge in [-0.25, -0.2) is 9.78 Å². The topological polar surface area (TPSA) is 108 Å². The number of carbonyl (C=O) groups excluding carboxylic acids is 1. The van der Waals surface area contributed by atoms with E-state index in [0.717, 1.165) is 0 Å². The summed E-state index contributed by atoms with van der Waals surface area (Å²) in [6.45, 7) is 0. The Bertz CT molecular complexity index is 548. The Kier molecular flexibility index (Phi) is 3.33. The number of carbonyl (C=O) groups is 2. The number of aromatic carboxylic acids is 1. The molecule has 2 rings (SSSR count). The number of hydrogen-bond donors (Lipinski definition) is 3. The molecule has 0 aromatic carbocycles. The molecule has 0 aliphatic heterocycles. The van der Waals surface area contributed by atoms with Crippen molar-refractivity contribution < 1.29 is 14.7 Å². The quantitative estimate of drug-likeness (QED) is 0.735. The van der Waals surface area contributed by atoms with Gasteiger partial charge in [-0.1, -0.05) is 0 Å². The van der Waals surface area contributed by atoms with Crippen LogP contribution in [0.15, 0.2) is 30.6 Å². The van der Waals surface area contributed by atoms with Crippen LogP contribution in [0.4, 0.5) is 5.69 Å². The molecule has 2 aromatic rings. The van der Waals surface area contributed by atoms with Crippen LogP contribution < -0.4 is 5.32 Å². The molecule has 0 aliphatic carbocycles. The smallest absolute Gasteiger partial charge is 0.354 e. The number of nitrogens with zero attached hydrogens (tertiary/aromatic N) is 2. The molecule has 7 heteroatoms. The van der Waals surface area contributed by atoms with Crippen LogP contribution in [0.1, 0.15) is 16.2 Å². The first-order valence-electron chi connectivity index (χ1n) is 5.12. The summed E-state index contributed by atoms with van der Waals surface area (Å²) in [6, 6.07) is 4.51. The predicted molar refractivity (Wildman–Crippen MR) is 62.1 cm³/mol. The van der Waals surface area contributed by atoms with Gasteiger partial charge in [-0.15, -0.1) is 0 Å². The van der Waals surface area contributed by atoms with Gasteiger partial charge in [0.05, 0.1) is 18.3 Å². The molecule has 0 aliphatic rings. The van der Waals surface area contributed by atoms with Crippen molar-refractivity contribution in [1.29, 1.82) is 0 Å². The maximum atomic E-state index is 11.6. The maximum absolute atomic E-state index is 11.6. The zero-order chi connectivity index (χ0) is 13.0. The van der Waals surface area contributed by atoms with Crippen molar-refractivity contribution in [1.82, 2.24) is 15.2 Å². The molecule has 0 atom stereocenters. The van der Waals surface area contributed by atoms with Crippen molar-refractivity contribution in [3.05, 3.63) is 42.0 Å². The summed E-state index contributed by atoms with van der Waals surface area (Å²) in [5.41, 5.74) is 1.08. The van der Waals surface area contributed by atoms with Gasteiger partial charge in [-0.2, -0.15) is 5.10 Å². The van der Waals surface area contributed by atoms with Crippen molar-refractivity contribution in [2.45, 2.75) is 6.42 Å². The summed E-state index contributed by atoms with van der Waals surface area (Å²) >= 11 is 0. The number of nitrogens with one attached hydrogen (secondary N) is 2. The number of amides is 1. The standard InChI is InChI=1S/C11H10N4O3/c16-10(5-7-3-4-13-15-7)14-8-1-2-9(11(17)18)12-6-8/h1-4,6H,5H2,(H,13,15)(H,14,16)(H,17,18). The van der Waals surface area contributed by atoms with Crippen LogP contribution in [0.5, 0.6) is 0 Å². The molecule has 7 nitrogen and oxygen atoms in total. The fraction of sp³-hybridized carbons (Fsp3) is 0.0909. The van der Waals surface area contributed by atoms with E-state index < -0.39 is 5.97 Å². The molecule has 18 heavy (non-hydrogen) atoms. The second-order valence-electron chi connectivity index (χ2n) is 3.54. The monoisotopic (exact) mass is 246 g/mol. The highest BCUT2D eigenvalue weighted by Gasteiger charge is 2.07. The molecule has 0 spiro atoms. The van der Waals surface area contributed by atoms with Crippen molar-refractivity contribution >= 4 is 17.6 Å². The van der Waals surface area contributed by atoms with Crippen molar-refractivity contribution in [2.75, 3.05) is 5.32 Å². The molecule has 2 heterocycles. The first-order chi connectivity index (χ1) is 8.65. The predicted octanol–water partition coefficient (Wildman–Crippen LogP) is 0.684. The van der Waals surface area contributed by atoms with Gasteiger partial charge in [0.25, 0.3) is 0 Å². The molecule has 92 valence electrons. The van der Waals surface area contributed by atoms with E-state index in [1.165, 1.54) is 18.3 Å². The SMILES string of the molecule is O=C(Cc1ccn[nH]1)Nc1ccc(C(=O)O)nc1. The Balaban J connectivity index is 1.97. The number of carboxylic acid groups (broad SMARTS) is 1. The van der Waals surface area contributed by atoms with Gasteiger partial charge >= 0.3 is 5.97 Å². The molecule has 0 saturated carbocycles. The van der Waals surface area contributed by atoms with E-state index in [2.05, 4.69) is 20.5 Å². The van der Waals surface area contributed by atoms with Crippen LogP contribution in [0, 0.1) is 0 Å². The molecule has 0 unspecified atom stereocenters. The minimum atomic E-state index is -1.11. The largest absolute Gasteiger partial charge is 0.477 e. The molecule has 3 N–H and O–H groups in total. The van der Waals surface area contributed by atoms with Crippen LogP contribution in [0.25, 0.3) is 0 Å². The number of carboxylic acids is 1. The lowest BCUT2D eigenvalue weighted by molar-refractivity contribution is -0.115. The summed E-state index contributed by atoms with van der Waals surface area (Å²) in [7, 11) is 0. The fourth-order valence-corrected chi connectivity index (χ4v) is 1.36. The normalized spacial score (nSPS) is 10.0. The van der Waals surface area contributed by atoms with Gasteiger partial charge in [0.15, 0.2) is 0 Å². The van der Waals surface area contributed by atoms with Gasteiger partial charge in [-0.3, -0.25) is 9.89 Å². The molecule has 2 aromatic heterocycles. The first-order valence-corrected chi connectivity index (χ1v) is 5.12. The molecule has 0 fully saturated rings. The Hall–Kier alpha value is -2.70. The lowest BCUT2D eigenvalue weighted by Gasteiger charge is -2.03. The minimum absolute atomic E-state index is 0.0680. The lowest BCUT2D eigenvalue weighted by Crippen LogP contribution is -2.15. The summed E-state index contributed by atoms with van der Waals surface area (Å²) < 4.78 is 0. The summed E-state index contributed by atoms with van der Waals surface area (Å²) in [4.78, 5) is 25.9. The van der Waals surface area contributed by atoms with E-state index in [9.17, 15) is 9.59 Å². The number of anilines is 1. The van der Waals surface area contributed by atoms with Gasteiger partial charge < -0.3 is 10.4 Å². The first kappa shape index (κ1) is 11.8. The van der Waals surface area contributed by atoms with E-state index in [4.69, 9.17) is 5.11 Å². The number of aromatic nitrogens is 3. The lowest BCUT2D eigenvalue weighted by atomic mass is 10.3. The van der Waals surface area contributed by atoms with E-state index in [0.29, 0.717) is 11.4 Å². The number of rotatable bonds is 4. The Morgan fingerprint density at radius 3 is 2.72 bits per heavy atom. The Morgan fingerprint density at radius 2 is 2.17 bits per heavy atom. The number of aromatic amines is 1. The maximum Gasteiger partial charge on any atom is 0.354 e. The number of pyridine rings is 1. The fourth-order valence-electron chi connectivity index (χ4n) is 1.36. The van der Waals surface area contributed by atoms with Crippen molar-refractivity contribution in [2.24, 2.45) is 0 Å². The Morgan fingerprint density at radius 1 is 1.33 bits per heavy atom. The van der Waals surface area contributed by atoms with E-state index in [-0.39, 0.29) is 18.0 Å². The van der Waals surface area contributed by atoms with Crippen LogP contribution in [0.2, 0.25) is 0 Å². The van der Waals surface area contributed by atoms with Crippen LogP contribution in [-0.2, 0) is 11.2 Å². The summed E-state index contributed by atoms with van der Waals surface area (Å²) in [5.74, 6) is -1.34. The molecular formula is C11H10N4O3. The minimum Gasteiger partial charge on any atom is -0.477 e. The third kappa shape index (κ3) is 2.91. The van der Waals surface area contributed by atoms with Crippen LogP contribution >= 0.6 is 0 Å². The molecule has 0 radical (unpaired) electrons. The van der Waals surface area contributed by atoms with Gasteiger partial charge in [0.1, 0.15) is 5.69 Å². The molecule has 0 bridgehead atoms. The van der Waals surface area contributed by atoms with Gasteiger partial charge in [0, 0.05) is 11.9 Å². The highest BCUT2D eigenvalue weighted by atomic mass is 16.4. The molecule has 1 amide bonds. The van der Waals surface area contributed by atoms with Gasteiger partial charge in [0.2, 0.25) is 5.91 Å². The number of hydrogen-bond acceptors (Lipinski definition) is 4. The van der Waals surface area contributed by atoms with E-state index in [1.54, 1.807) is 12.3 Å². The van der Waals surface area contributed by atoms with Crippen molar-refractivity contribution in [3.8, 4) is 0 Å². The van der Waals surface area contributed by atoms with E-state index >= 15 is 0 Å². The highest BCUT2D eigenvalue weighted by molar-refractivity contribution is 5.92. The van der Waals surface area contributed by atoms with Crippen molar-refractivity contribution in [3.63, 3.8) is 0 Å². The molecule has 0 saturated heterocycles. The van der Waals surface area contributed by atoms with Gasteiger partial charge in [-0.05, 0) is 18.2 Å². The summed E-state index contributed by atoms with van der Waals surface area (Å²) in [6.07, 6.45) is 3.03. The van der Waals surface area contributed by atoms with Crippen LogP contribution in [0.3, 0.4) is 0 Å². The third-order valence-electron chi connectivity index (χ3n) is 2.18. The average molecular weight is 246 g/mol. The average Bonchev–Trinajstić information content (AvgIpc) is 2.82. The highest BCUT2D eigenvalue weighted by Crippen LogP contribution is 2.07. The van der Waals surface area contributed by atoms with Crippen LogP contribution in [-0.4, -0.2) is 32.2 Å². The second-order valence-corrected chi connectivity index (χ2v) is 3.54. The number of H-pyrrole nitrogens is 1. The second kappa shape index (κ2) is 5.09.